The van der Waals surface area contributed by atoms with Gasteiger partial charge in [-0.25, -0.2) is 4.39 Å². The Morgan fingerprint density at radius 2 is 2.00 bits per heavy atom. The lowest BCUT2D eigenvalue weighted by molar-refractivity contribution is 0.428. The number of benzene rings is 1. The van der Waals surface area contributed by atoms with Gasteiger partial charge in [-0.2, -0.15) is 5.10 Å². The summed E-state index contributed by atoms with van der Waals surface area (Å²) in [6.45, 7) is 1.98. The predicted molar refractivity (Wildman–Crippen MR) is 62.5 cm³/mol. The van der Waals surface area contributed by atoms with Gasteiger partial charge in [-0.1, -0.05) is 0 Å². The number of halogens is 1. The van der Waals surface area contributed by atoms with Gasteiger partial charge in [0.1, 0.15) is 11.6 Å². The zero-order valence-electron chi connectivity index (χ0n) is 9.72. The van der Waals surface area contributed by atoms with Gasteiger partial charge in [0.15, 0.2) is 5.75 Å². The van der Waals surface area contributed by atoms with E-state index in [1.807, 2.05) is 14.0 Å². The quantitative estimate of drug-likeness (QED) is 0.885. The molecular formula is C12H14FN3O. The summed E-state index contributed by atoms with van der Waals surface area (Å²) in [5.74, 6) is 0.929. The zero-order chi connectivity index (χ0) is 12.3. The van der Waals surface area contributed by atoms with E-state index in [9.17, 15) is 4.39 Å². The molecule has 1 aromatic carbocycles. The van der Waals surface area contributed by atoms with Gasteiger partial charge in [-0.15, -0.1) is 0 Å². The van der Waals surface area contributed by atoms with E-state index in [0.717, 1.165) is 0 Å². The van der Waals surface area contributed by atoms with Crippen LogP contribution in [0.5, 0.6) is 11.5 Å². The second-order valence-electron chi connectivity index (χ2n) is 3.68. The zero-order valence-corrected chi connectivity index (χ0v) is 9.72. The van der Waals surface area contributed by atoms with Crippen LogP contribution in [-0.4, -0.2) is 16.8 Å². The van der Waals surface area contributed by atoms with Gasteiger partial charge < -0.3 is 4.74 Å². The number of rotatable bonds is 4. The summed E-state index contributed by atoms with van der Waals surface area (Å²) >= 11 is 0. The number of ether oxygens (including phenoxy) is 1. The Labute approximate surface area is 99.0 Å². The Bertz CT molecular complexity index is 481. The average Bonchev–Trinajstić information content (AvgIpc) is 2.80. The number of nitrogens with one attached hydrogen (secondary N) is 1. The normalized spacial score (nSPS) is 12.4. The molecule has 90 valence electrons. The molecule has 4 nitrogen and oxygen atoms in total. The highest BCUT2D eigenvalue weighted by Gasteiger charge is 2.05. The van der Waals surface area contributed by atoms with E-state index in [1.165, 1.54) is 12.1 Å². The Morgan fingerprint density at radius 1 is 1.29 bits per heavy atom. The van der Waals surface area contributed by atoms with Crippen molar-refractivity contribution in [3.05, 3.63) is 42.5 Å². The Kier molecular flexibility index (Phi) is 3.39. The van der Waals surface area contributed by atoms with Crippen LogP contribution in [0.3, 0.4) is 0 Å². The fourth-order valence-electron chi connectivity index (χ4n) is 1.36. The van der Waals surface area contributed by atoms with E-state index in [0.29, 0.717) is 11.5 Å². The summed E-state index contributed by atoms with van der Waals surface area (Å²) in [5.41, 5.74) is 0. The Hall–Kier alpha value is -1.88. The van der Waals surface area contributed by atoms with Crippen molar-refractivity contribution >= 4 is 0 Å². The summed E-state index contributed by atoms with van der Waals surface area (Å²) in [6, 6.07) is 5.87. The van der Waals surface area contributed by atoms with Crippen LogP contribution in [0.2, 0.25) is 0 Å². The van der Waals surface area contributed by atoms with E-state index in [2.05, 4.69) is 10.4 Å². The summed E-state index contributed by atoms with van der Waals surface area (Å²) in [5, 5.41) is 7.22. The van der Waals surface area contributed by atoms with Crippen molar-refractivity contribution in [1.82, 2.24) is 15.1 Å². The summed E-state index contributed by atoms with van der Waals surface area (Å²) in [7, 11) is 1.85. The average molecular weight is 235 g/mol. The molecule has 5 heteroatoms. The van der Waals surface area contributed by atoms with Crippen LogP contribution in [0.15, 0.2) is 36.7 Å². The minimum atomic E-state index is -0.281. The first-order valence-electron chi connectivity index (χ1n) is 5.34. The number of nitrogens with zero attached hydrogens (tertiary/aromatic N) is 2. The lowest BCUT2D eigenvalue weighted by atomic mass is 10.3. The summed E-state index contributed by atoms with van der Waals surface area (Å²) in [4.78, 5) is 0. The van der Waals surface area contributed by atoms with Crippen LogP contribution in [0.1, 0.15) is 13.1 Å². The molecule has 2 rings (SSSR count). The number of hydrogen-bond acceptors (Lipinski definition) is 3. The topological polar surface area (TPSA) is 39.1 Å². The van der Waals surface area contributed by atoms with E-state index in [1.54, 1.807) is 29.2 Å². The molecule has 17 heavy (non-hydrogen) atoms. The van der Waals surface area contributed by atoms with E-state index >= 15 is 0 Å². The van der Waals surface area contributed by atoms with Gasteiger partial charge in [-0.05, 0) is 38.2 Å². The highest BCUT2D eigenvalue weighted by molar-refractivity contribution is 5.28. The molecule has 0 amide bonds. The Morgan fingerprint density at radius 3 is 2.65 bits per heavy atom. The molecular weight excluding hydrogens is 221 g/mol. The SMILES string of the molecule is CNC(C)n1cc(Oc2ccc(F)cc2)cn1. The van der Waals surface area contributed by atoms with Crippen molar-refractivity contribution in [2.24, 2.45) is 0 Å². The van der Waals surface area contributed by atoms with Crippen molar-refractivity contribution < 1.29 is 9.13 Å². The lowest BCUT2D eigenvalue weighted by Gasteiger charge is -2.09. The fourth-order valence-corrected chi connectivity index (χ4v) is 1.36. The molecule has 1 atom stereocenters. The number of aromatic nitrogens is 2. The molecule has 1 aromatic heterocycles. The second kappa shape index (κ2) is 4.97. The van der Waals surface area contributed by atoms with E-state index in [-0.39, 0.29) is 12.0 Å². The van der Waals surface area contributed by atoms with Crippen LogP contribution in [0.25, 0.3) is 0 Å². The lowest BCUT2D eigenvalue weighted by Crippen LogP contribution is -2.19. The van der Waals surface area contributed by atoms with Crippen LogP contribution in [-0.2, 0) is 0 Å². The van der Waals surface area contributed by atoms with Crippen LogP contribution in [0.4, 0.5) is 4.39 Å². The maximum absolute atomic E-state index is 12.7. The highest BCUT2D eigenvalue weighted by atomic mass is 19.1. The van der Waals surface area contributed by atoms with Gasteiger partial charge >= 0.3 is 0 Å². The molecule has 1 N–H and O–H groups in total. The minimum absolute atomic E-state index is 0.0977. The van der Waals surface area contributed by atoms with Crippen molar-refractivity contribution in [1.29, 1.82) is 0 Å². The monoisotopic (exact) mass is 235 g/mol. The molecule has 0 saturated carbocycles. The summed E-state index contributed by atoms with van der Waals surface area (Å²) in [6.07, 6.45) is 3.50. The van der Waals surface area contributed by atoms with Crippen molar-refractivity contribution in [2.75, 3.05) is 7.05 Å². The molecule has 0 spiro atoms. The van der Waals surface area contributed by atoms with Gasteiger partial charge in [0.05, 0.1) is 18.6 Å². The standard InChI is InChI=1S/C12H14FN3O/c1-9(14-2)16-8-12(7-15-16)17-11-5-3-10(13)4-6-11/h3-9,14H,1-2H3. The molecule has 0 radical (unpaired) electrons. The third kappa shape index (κ3) is 2.82. The molecule has 1 unspecified atom stereocenters. The first kappa shape index (κ1) is 11.6. The summed E-state index contributed by atoms with van der Waals surface area (Å²) < 4.78 is 20.0. The van der Waals surface area contributed by atoms with E-state index < -0.39 is 0 Å². The smallest absolute Gasteiger partial charge is 0.165 e. The van der Waals surface area contributed by atoms with Crippen LogP contribution >= 0.6 is 0 Å². The molecule has 2 aromatic rings. The second-order valence-corrected chi connectivity index (χ2v) is 3.68. The molecule has 0 aliphatic rings. The maximum atomic E-state index is 12.7. The first-order chi connectivity index (χ1) is 8.19. The molecule has 0 aliphatic carbocycles. The van der Waals surface area contributed by atoms with Gasteiger partial charge in [0.2, 0.25) is 0 Å². The first-order valence-corrected chi connectivity index (χ1v) is 5.34. The van der Waals surface area contributed by atoms with Gasteiger partial charge in [0, 0.05) is 0 Å². The van der Waals surface area contributed by atoms with Crippen molar-refractivity contribution in [3.8, 4) is 11.5 Å². The molecule has 0 aliphatic heterocycles. The third-order valence-electron chi connectivity index (χ3n) is 2.44. The molecule has 0 saturated heterocycles. The van der Waals surface area contributed by atoms with Crippen molar-refractivity contribution in [2.45, 2.75) is 13.1 Å². The minimum Gasteiger partial charge on any atom is -0.454 e. The maximum Gasteiger partial charge on any atom is 0.165 e. The van der Waals surface area contributed by atoms with Gasteiger partial charge in [-0.3, -0.25) is 10.00 Å². The van der Waals surface area contributed by atoms with Crippen LogP contribution < -0.4 is 10.1 Å². The van der Waals surface area contributed by atoms with Crippen LogP contribution in [0, 0.1) is 5.82 Å². The van der Waals surface area contributed by atoms with Crippen molar-refractivity contribution in [3.63, 3.8) is 0 Å². The van der Waals surface area contributed by atoms with Gasteiger partial charge in [0.25, 0.3) is 0 Å². The largest absolute Gasteiger partial charge is 0.454 e. The third-order valence-corrected chi connectivity index (χ3v) is 2.44. The highest BCUT2D eigenvalue weighted by Crippen LogP contribution is 2.21. The van der Waals surface area contributed by atoms with E-state index in [4.69, 9.17) is 4.74 Å². The molecule has 0 bridgehead atoms. The number of hydrogen-bond donors (Lipinski definition) is 1. The Balaban J connectivity index is 2.08. The predicted octanol–water partition coefficient (Wildman–Crippen LogP) is 2.55. The molecule has 0 fully saturated rings. The molecule has 1 heterocycles. The fraction of sp³-hybridized carbons (Fsp3) is 0.250.